The fourth-order valence-corrected chi connectivity index (χ4v) is 2.02. The lowest BCUT2D eigenvalue weighted by atomic mass is 9.97. The van der Waals surface area contributed by atoms with Crippen LogP contribution < -0.4 is 5.73 Å². The predicted octanol–water partition coefficient (Wildman–Crippen LogP) is -1.04. The van der Waals surface area contributed by atoms with E-state index in [4.69, 9.17) is 19.9 Å². The standard InChI is InChI=1S/C9H13NO5/c1-4(11)6-8-9(10,14-3-13-8)7(15-6)5(2)12/h6-8H,3,10H2,1-2H3. The second kappa shape index (κ2) is 3.34. The van der Waals surface area contributed by atoms with Crippen molar-refractivity contribution >= 4 is 11.6 Å². The van der Waals surface area contributed by atoms with Gasteiger partial charge in [0.15, 0.2) is 23.4 Å². The molecule has 4 atom stereocenters. The van der Waals surface area contributed by atoms with E-state index in [-0.39, 0.29) is 18.4 Å². The summed E-state index contributed by atoms with van der Waals surface area (Å²) < 4.78 is 15.6. The van der Waals surface area contributed by atoms with Gasteiger partial charge in [0, 0.05) is 0 Å². The third-order valence-corrected chi connectivity index (χ3v) is 2.74. The highest BCUT2D eigenvalue weighted by atomic mass is 16.8. The molecule has 0 aliphatic carbocycles. The summed E-state index contributed by atoms with van der Waals surface area (Å²) in [6.07, 6.45) is -2.44. The molecule has 0 spiro atoms. The van der Waals surface area contributed by atoms with Gasteiger partial charge in [0.25, 0.3) is 0 Å². The summed E-state index contributed by atoms with van der Waals surface area (Å²) in [7, 11) is 0. The van der Waals surface area contributed by atoms with E-state index in [0.29, 0.717) is 0 Å². The van der Waals surface area contributed by atoms with Crippen molar-refractivity contribution in [1.29, 1.82) is 0 Å². The largest absolute Gasteiger partial charge is 0.352 e. The Morgan fingerprint density at radius 2 is 2.00 bits per heavy atom. The van der Waals surface area contributed by atoms with Crippen molar-refractivity contribution in [1.82, 2.24) is 0 Å². The summed E-state index contributed by atoms with van der Waals surface area (Å²) in [4.78, 5) is 22.6. The van der Waals surface area contributed by atoms with E-state index in [9.17, 15) is 9.59 Å². The van der Waals surface area contributed by atoms with Crippen molar-refractivity contribution < 1.29 is 23.8 Å². The molecule has 0 aromatic carbocycles. The Bertz CT molecular complexity index is 318. The van der Waals surface area contributed by atoms with Crippen molar-refractivity contribution in [2.24, 2.45) is 5.73 Å². The van der Waals surface area contributed by atoms with Crippen molar-refractivity contribution in [2.45, 2.75) is 37.9 Å². The van der Waals surface area contributed by atoms with Crippen molar-refractivity contribution in [3.63, 3.8) is 0 Å². The van der Waals surface area contributed by atoms with Gasteiger partial charge in [0.1, 0.15) is 19.0 Å². The van der Waals surface area contributed by atoms with E-state index in [0.717, 1.165) is 0 Å². The number of hydrogen-bond donors (Lipinski definition) is 1. The topological polar surface area (TPSA) is 87.9 Å². The van der Waals surface area contributed by atoms with Crippen LogP contribution in [-0.2, 0) is 23.8 Å². The van der Waals surface area contributed by atoms with Gasteiger partial charge in [-0.05, 0) is 13.8 Å². The third kappa shape index (κ3) is 1.41. The highest BCUT2D eigenvalue weighted by Gasteiger charge is 2.62. The highest BCUT2D eigenvalue weighted by molar-refractivity contribution is 5.86. The Kier molecular flexibility index (Phi) is 2.38. The van der Waals surface area contributed by atoms with Crippen LogP contribution in [0.5, 0.6) is 0 Å². The number of fused-ring (bicyclic) bond motifs is 1. The SMILES string of the molecule is CC(=O)C1OC(C(C)=O)C2(N)OCOC12. The average molecular weight is 215 g/mol. The Hall–Kier alpha value is -0.820. The van der Waals surface area contributed by atoms with Crippen LogP contribution in [0.2, 0.25) is 0 Å². The van der Waals surface area contributed by atoms with Crippen molar-refractivity contribution in [2.75, 3.05) is 6.79 Å². The molecule has 0 aromatic heterocycles. The first-order valence-corrected chi connectivity index (χ1v) is 4.67. The second-order valence-corrected chi connectivity index (χ2v) is 3.86. The lowest BCUT2D eigenvalue weighted by Gasteiger charge is -2.24. The van der Waals surface area contributed by atoms with Gasteiger partial charge in [-0.1, -0.05) is 0 Å². The number of nitrogens with two attached hydrogens (primary N) is 1. The first kappa shape index (κ1) is 10.7. The van der Waals surface area contributed by atoms with Gasteiger partial charge in [-0.3, -0.25) is 15.3 Å². The molecule has 2 rings (SSSR count). The summed E-state index contributed by atoms with van der Waals surface area (Å²) in [6.45, 7) is 2.70. The molecule has 0 bridgehead atoms. The lowest BCUT2D eigenvalue weighted by Crippen LogP contribution is -2.56. The number of ketones is 2. The summed E-state index contributed by atoms with van der Waals surface area (Å²) in [6, 6.07) is 0. The van der Waals surface area contributed by atoms with Crippen LogP contribution in [0.25, 0.3) is 0 Å². The molecule has 0 radical (unpaired) electrons. The number of rotatable bonds is 2. The molecule has 2 heterocycles. The Morgan fingerprint density at radius 1 is 1.33 bits per heavy atom. The minimum atomic E-state index is -1.32. The number of carbonyl (C=O) groups excluding carboxylic acids is 2. The molecule has 2 fully saturated rings. The molecular formula is C9H13NO5. The maximum absolute atomic E-state index is 11.3. The number of ether oxygens (including phenoxy) is 3. The van der Waals surface area contributed by atoms with Gasteiger partial charge in [-0.2, -0.15) is 0 Å². The summed E-state index contributed by atoms with van der Waals surface area (Å²) >= 11 is 0. The van der Waals surface area contributed by atoms with Crippen molar-refractivity contribution in [3.8, 4) is 0 Å². The van der Waals surface area contributed by atoms with E-state index >= 15 is 0 Å². The molecule has 15 heavy (non-hydrogen) atoms. The van der Waals surface area contributed by atoms with Crippen LogP contribution in [0.1, 0.15) is 13.8 Å². The van der Waals surface area contributed by atoms with Crippen molar-refractivity contribution in [3.05, 3.63) is 0 Å². The average Bonchev–Trinajstić information content (AvgIpc) is 2.58. The molecule has 6 nitrogen and oxygen atoms in total. The van der Waals surface area contributed by atoms with Gasteiger partial charge >= 0.3 is 0 Å². The quantitative estimate of drug-likeness (QED) is 0.633. The highest BCUT2D eigenvalue weighted by Crippen LogP contribution is 2.37. The Morgan fingerprint density at radius 3 is 2.53 bits per heavy atom. The number of carbonyl (C=O) groups is 2. The molecule has 2 aliphatic rings. The van der Waals surface area contributed by atoms with Gasteiger partial charge < -0.3 is 14.2 Å². The van der Waals surface area contributed by atoms with Crippen LogP contribution in [0.4, 0.5) is 0 Å². The minimum absolute atomic E-state index is 0.0158. The molecule has 6 heteroatoms. The van der Waals surface area contributed by atoms with Gasteiger partial charge in [0.2, 0.25) is 0 Å². The zero-order chi connectivity index (χ0) is 11.2. The zero-order valence-corrected chi connectivity index (χ0v) is 8.56. The zero-order valence-electron chi connectivity index (χ0n) is 8.56. The van der Waals surface area contributed by atoms with E-state index in [1.165, 1.54) is 13.8 Å². The van der Waals surface area contributed by atoms with Crippen LogP contribution >= 0.6 is 0 Å². The maximum Gasteiger partial charge on any atom is 0.182 e. The van der Waals surface area contributed by atoms with Crippen LogP contribution in [-0.4, -0.2) is 42.4 Å². The second-order valence-electron chi connectivity index (χ2n) is 3.86. The first-order valence-electron chi connectivity index (χ1n) is 4.67. The lowest BCUT2D eigenvalue weighted by molar-refractivity contribution is -0.149. The first-order chi connectivity index (χ1) is 6.97. The molecule has 0 aromatic rings. The van der Waals surface area contributed by atoms with Gasteiger partial charge in [-0.15, -0.1) is 0 Å². The predicted molar refractivity (Wildman–Crippen MR) is 47.8 cm³/mol. The Balaban J connectivity index is 2.32. The Labute approximate surface area is 86.7 Å². The third-order valence-electron chi connectivity index (χ3n) is 2.74. The molecule has 2 saturated heterocycles. The molecule has 2 aliphatic heterocycles. The summed E-state index contributed by atoms with van der Waals surface area (Å²) in [5.74, 6) is -0.485. The fourth-order valence-electron chi connectivity index (χ4n) is 2.02. The van der Waals surface area contributed by atoms with Gasteiger partial charge in [-0.25, -0.2) is 0 Å². The molecule has 0 amide bonds. The van der Waals surface area contributed by atoms with E-state index < -0.39 is 24.0 Å². The van der Waals surface area contributed by atoms with E-state index in [1.807, 2.05) is 0 Å². The molecule has 4 unspecified atom stereocenters. The van der Waals surface area contributed by atoms with E-state index in [2.05, 4.69) is 0 Å². The van der Waals surface area contributed by atoms with Crippen LogP contribution in [0.15, 0.2) is 0 Å². The smallest absolute Gasteiger partial charge is 0.182 e. The monoisotopic (exact) mass is 215 g/mol. The normalized spacial score (nSPS) is 44.1. The maximum atomic E-state index is 11.3. The van der Waals surface area contributed by atoms with E-state index in [1.54, 1.807) is 0 Å². The molecule has 2 N–H and O–H groups in total. The minimum Gasteiger partial charge on any atom is -0.352 e. The fraction of sp³-hybridized carbons (Fsp3) is 0.778. The van der Waals surface area contributed by atoms with Crippen LogP contribution in [0, 0.1) is 0 Å². The van der Waals surface area contributed by atoms with Gasteiger partial charge in [0.05, 0.1) is 0 Å². The summed E-state index contributed by atoms with van der Waals surface area (Å²) in [5, 5.41) is 0. The summed E-state index contributed by atoms with van der Waals surface area (Å²) in [5.41, 5.74) is 4.58. The molecule has 0 saturated carbocycles. The number of Topliss-reactive ketones (excluding diaryl/α,β-unsaturated/α-hetero) is 2. The number of hydrogen-bond acceptors (Lipinski definition) is 6. The molecule has 84 valence electrons. The molecular weight excluding hydrogens is 202 g/mol. The van der Waals surface area contributed by atoms with Crippen LogP contribution in [0.3, 0.4) is 0 Å².